The Morgan fingerprint density at radius 1 is 1.06 bits per heavy atom. The molecule has 1 aromatic rings. The van der Waals surface area contributed by atoms with Crippen LogP contribution >= 0.6 is 11.8 Å². The molecule has 1 heterocycles. The average molecular weight is 493 g/mol. The highest BCUT2D eigenvalue weighted by Gasteiger charge is 2.42. The smallest absolute Gasteiger partial charge is 0.336 e. The second-order valence-corrected chi connectivity index (χ2v) is 8.22. The number of carbonyl (C=O) groups is 4. The molecule has 11 nitrogen and oxygen atoms in total. The van der Waals surface area contributed by atoms with Crippen LogP contribution in [0.1, 0.15) is 25.3 Å². The Kier molecular flexibility index (Phi) is 8.96. The fraction of sp³-hybridized carbons (Fsp3) is 0.364. The summed E-state index contributed by atoms with van der Waals surface area (Å²) in [5.74, 6) is -3.44. The highest BCUT2D eigenvalue weighted by Crippen LogP contribution is 2.44. The first-order valence-electron chi connectivity index (χ1n) is 9.89. The van der Waals surface area contributed by atoms with Gasteiger partial charge in [-0.2, -0.15) is 0 Å². The quantitative estimate of drug-likeness (QED) is 0.228. The minimum Gasteiger partial charge on any atom is -0.468 e. The predicted molar refractivity (Wildman–Crippen MR) is 121 cm³/mol. The molecule has 182 valence electrons. The third-order valence-corrected chi connectivity index (χ3v) is 5.99. The van der Waals surface area contributed by atoms with Crippen molar-refractivity contribution in [2.75, 3.05) is 33.6 Å². The number of hydrogen-bond donors (Lipinski definition) is 0. The van der Waals surface area contributed by atoms with Gasteiger partial charge in [0, 0.05) is 36.2 Å². The number of non-ortho nitro benzene ring substituents is 1. The zero-order chi connectivity index (χ0) is 25.6. The molecule has 0 saturated carbocycles. The van der Waals surface area contributed by atoms with Crippen LogP contribution in [0, 0.1) is 10.1 Å². The first-order valence-corrected chi connectivity index (χ1v) is 10.9. The molecule has 1 aliphatic rings. The number of rotatable bonds is 8. The first kappa shape index (κ1) is 26.6. The van der Waals surface area contributed by atoms with Gasteiger partial charge in [0.05, 0.1) is 43.3 Å². The number of hydrogen-bond acceptors (Lipinski definition) is 11. The lowest BCUT2D eigenvalue weighted by Crippen LogP contribution is -2.39. The lowest BCUT2D eigenvalue weighted by atomic mass is 9.79. The molecule has 1 atom stereocenters. The van der Waals surface area contributed by atoms with E-state index in [9.17, 15) is 29.3 Å². The summed E-state index contributed by atoms with van der Waals surface area (Å²) in [4.78, 5) is 62.1. The molecule has 0 spiro atoms. The maximum absolute atomic E-state index is 13.1. The lowest BCUT2D eigenvalue weighted by molar-refractivity contribution is -0.384. The second-order valence-electron chi connectivity index (χ2n) is 7.07. The molecule has 0 radical (unpaired) electrons. The van der Waals surface area contributed by atoms with E-state index in [1.165, 1.54) is 43.2 Å². The Balaban J connectivity index is 2.92. The fourth-order valence-electron chi connectivity index (χ4n) is 3.62. The Labute approximate surface area is 199 Å². The van der Waals surface area contributed by atoms with Gasteiger partial charge in [-0.1, -0.05) is 23.9 Å². The molecule has 0 amide bonds. The summed E-state index contributed by atoms with van der Waals surface area (Å²) in [6.07, 6.45) is 0. The number of allylic oxidation sites excluding steroid dienone is 1. The van der Waals surface area contributed by atoms with Gasteiger partial charge < -0.3 is 19.1 Å². The van der Waals surface area contributed by atoms with Crippen molar-refractivity contribution in [3.63, 3.8) is 0 Å². The van der Waals surface area contributed by atoms with Crippen LogP contribution in [0.5, 0.6) is 0 Å². The monoisotopic (exact) mass is 492 g/mol. The van der Waals surface area contributed by atoms with E-state index in [1.54, 1.807) is 6.92 Å². The van der Waals surface area contributed by atoms with E-state index < -0.39 is 28.7 Å². The number of benzene rings is 1. The van der Waals surface area contributed by atoms with Crippen LogP contribution in [0.3, 0.4) is 0 Å². The number of nitrogens with zero attached hydrogens (tertiary/aromatic N) is 2. The number of nitro groups is 1. The van der Waals surface area contributed by atoms with Crippen LogP contribution in [-0.4, -0.2) is 66.5 Å². The van der Waals surface area contributed by atoms with E-state index >= 15 is 0 Å². The van der Waals surface area contributed by atoms with Crippen LogP contribution < -0.4 is 0 Å². The molecular weight excluding hydrogens is 468 g/mol. The standard InChI is InChI=1S/C22H24N2O9S/c1-12-18(21(27)32-4)19(14-7-6-8-15(9-14)24(29)30)20(22(28)33-5)16(11-34-13(2)25)23(12)10-17(26)31-3/h6-9,19H,10-11H2,1-5H3/t19-/m0/s1. The Hall–Kier alpha value is -3.67. The minimum atomic E-state index is -1.11. The lowest BCUT2D eigenvalue weighted by Gasteiger charge is -2.38. The van der Waals surface area contributed by atoms with Crippen molar-refractivity contribution in [1.29, 1.82) is 0 Å². The third kappa shape index (κ3) is 5.63. The van der Waals surface area contributed by atoms with Crippen molar-refractivity contribution < 1.29 is 38.3 Å². The van der Waals surface area contributed by atoms with Crippen molar-refractivity contribution >= 4 is 40.5 Å². The van der Waals surface area contributed by atoms with Gasteiger partial charge in [-0.05, 0) is 12.5 Å². The Morgan fingerprint density at radius 2 is 1.68 bits per heavy atom. The van der Waals surface area contributed by atoms with Crippen LogP contribution in [0.25, 0.3) is 0 Å². The van der Waals surface area contributed by atoms with Crippen LogP contribution in [0.15, 0.2) is 46.8 Å². The molecular formula is C22H24N2O9S. The van der Waals surface area contributed by atoms with Gasteiger partial charge in [0.25, 0.3) is 5.69 Å². The Morgan fingerprint density at radius 3 is 2.21 bits per heavy atom. The molecule has 0 fully saturated rings. The molecule has 34 heavy (non-hydrogen) atoms. The summed E-state index contributed by atoms with van der Waals surface area (Å²) in [5.41, 5.74) is 0.452. The van der Waals surface area contributed by atoms with E-state index in [0.29, 0.717) is 0 Å². The number of methoxy groups -OCH3 is 3. The van der Waals surface area contributed by atoms with E-state index in [0.717, 1.165) is 26.0 Å². The van der Waals surface area contributed by atoms with E-state index in [2.05, 4.69) is 0 Å². The van der Waals surface area contributed by atoms with Gasteiger partial charge >= 0.3 is 17.9 Å². The van der Waals surface area contributed by atoms with Gasteiger partial charge in [-0.25, -0.2) is 9.59 Å². The third-order valence-electron chi connectivity index (χ3n) is 5.16. The zero-order valence-electron chi connectivity index (χ0n) is 19.3. The largest absolute Gasteiger partial charge is 0.468 e. The molecule has 2 rings (SSSR count). The zero-order valence-corrected chi connectivity index (χ0v) is 20.1. The van der Waals surface area contributed by atoms with Crippen molar-refractivity contribution in [2.24, 2.45) is 0 Å². The predicted octanol–water partition coefficient (Wildman–Crippen LogP) is 2.32. The van der Waals surface area contributed by atoms with Gasteiger partial charge in [0.15, 0.2) is 5.12 Å². The van der Waals surface area contributed by atoms with Crippen LogP contribution in [0.4, 0.5) is 5.69 Å². The number of nitro benzene ring substituents is 1. The molecule has 0 N–H and O–H groups in total. The number of esters is 3. The number of thioether (sulfide) groups is 1. The first-order chi connectivity index (χ1) is 16.1. The van der Waals surface area contributed by atoms with Crippen LogP contribution in [0.2, 0.25) is 0 Å². The highest BCUT2D eigenvalue weighted by molar-refractivity contribution is 8.13. The highest BCUT2D eigenvalue weighted by atomic mass is 32.2. The Bertz CT molecular complexity index is 1090. The van der Waals surface area contributed by atoms with Gasteiger partial charge in [-0.3, -0.25) is 19.7 Å². The van der Waals surface area contributed by atoms with E-state index in [1.807, 2.05) is 0 Å². The SMILES string of the molecule is COC(=O)CN1C(C)=C(C(=O)OC)[C@H](c2cccc([N+](=O)[O-])c2)C(C(=O)OC)=C1CSC(C)=O. The summed E-state index contributed by atoms with van der Waals surface area (Å²) in [6, 6.07) is 5.48. The fourth-order valence-corrected chi connectivity index (χ4v) is 4.27. The summed E-state index contributed by atoms with van der Waals surface area (Å²) in [5, 5.41) is 11.1. The molecule has 1 aliphatic heterocycles. The van der Waals surface area contributed by atoms with Crippen molar-refractivity contribution in [3.05, 3.63) is 62.5 Å². The normalized spacial score (nSPS) is 15.7. The van der Waals surface area contributed by atoms with Gasteiger partial charge in [-0.15, -0.1) is 0 Å². The molecule has 12 heteroatoms. The molecule has 0 bridgehead atoms. The van der Waals surface area contributed by atoms with Crippen molar-refractivity contribution in [1.82, 2.24) is 4.90 Å². The topological polar surface area (TPSA) is 142 Å². The summed E-state index contributed by atoms with van der Waals surface area (Å²) < 4.78 is 14.7. The average Bonchev–Trinajstić information content (AvgIpc) is 2.82. The summed E-state index contributed by atoms with van der Waals surface area (Å²) in [6.45, 7) is 2.53. The van der Waals surface area contributed by atoms with Crippen LogP contribution in [-0.2, 0) is 33.4 Å². The molecule has 0 saturated heterocycles. The second kappa shape index (κ2) is 11.5. The van der Waals surface area contributed by atoms with E-state index in [-0.39, 0.29) is 51.2 Å². The van der Waals surface area contributed by atoms with Crippen molar-refractivity contribution in [3.8, 4) is 0 Å². The maximum atomic E-state index is 13.1. The molecule has 0 unspecified atom stereocenters. The molecule has 0 aliphatic carbocycles. The van der Waals surface area contributed by atoms with Gasteiger partial charge in [0.1, 0.15) is 6.54 Å². The minimum absolute atomic E-state index is 0.0103. The summed E-state index contributed by atoms with van der Waals surface area (Å²) >= 11 is 0.885. The number of carbonyl (C=O) groups excluding carboxylic acids is 4. The maximum Gasteiger partial charge on any atom is 0.336 e. The summed E-state index contributed by atoms with van der Waals surface area (Å²) in [7, 11) is 3.48. The van der Waals surface area contributed by atoms with Gasteiger partial charge in [0.2, 0.25) is 0 Å². The van der Waals surface area contributed by atoms with E-state index in [4.69, 9.17) is 14.2 Å². The molecule has 0 aromatic heterocycles. The number of ether oxygens (including phenoxy) is 3. The molecule has 1 aromatic carbocycles. The van der Waals surface area contributed by atoms with Crippen molar-refractivity contribution in [2.45, 2.75) is 19.8 Å².